The van der Waals surface area contributed by atoms with Crippen molar-refractivity contribution in [2.45, 2.75) is 25.4 Å². The van der Waals surface area contributed by atoms with E-state index in [1.54, 1.807) is 0 Å². The highest BCUT2D eigenvalue weighted by Crippen LogP contribution is 2.22. The summed E-state index contributed by atoms with van der Waals surface area (Å²) in [5.41, 5.74) is 3.18. The number of benzene rings is 2. The first-order chi connectivity index (χ1) is 10.8. The molecule has 0 aliphatic heterocycles. The summed E-state index contributed by atoms with van der Waals surface area (Å²) in [7, 11) is 0. The number of amides is 1. The fraction of sp³-hybridized carbons (Fsp3) is 0.211. The SMILES string of the molecule is O=C(NC1CC1)c1ccc2c(ccn2Cc2ccccc2)c1. The first-order valence-electron chi connectivity index (χ1n) is 7.73. The Bertz CT molecular complexity index is 816. The summed E-state index contributed by atoms with van der Waals surface area (Å²) in [6, 6.07) is 18.8. The first-order valence-corrected chi connectivity index (χ1v) is 7.73. The summed E-state index contributed by atoms with van der Waals surface area (Å²) in [4.78, 5) is 12.1. The lowest BCUT2D eigenvalue weighted by Crippen LogP contribution is -2.25. The van der Waals surface area contributed by atoms with Gasteiger partial charge in [-0.1, -0.05) is 30.3 Å². The second-order valence-corrected chi connectivity index (χ2v) is 5.95. The molecular weight excluding hydrogens is 272 g/mol. The van der Waals surface area contributed by atoms with Gasteiger partial charge in [-0.3, -0.25) is 4.79 Å². The zero-order chi connectivity index (χ0) is 14.9. The van der Waals surface area contributed by atoms with E-state index in [0.29, 0.717) is 6.04 Å². The van der Waals surface area contributed by atoms with Gasteiger partial charge in [-0.2, -0.15) is 0 Å². The molecule has 0 unspecified atom stereocenters. The molecule has 1 heterocycles. The van der Waals surface area contributed by atoms with Crippen LogP contribution >= 0.6 is 0 Å². The van der Waals surface area contributed by atoms with Crippen LogP contribution in [0.1, 0.15) is 28.8 Å². The molecule has 0 bridgehead atoms. The van der Waals surface area contributed by atoms with Crippen LogP contribution < -0.4 is 5.32 Å². The molecule has 22 heavy (non-hydrogen) atoms. The Labute approximate surface area is 129 Å². The molecule has 1 saturated carbocycles. The van der Waals surface area contributed by atoms with Gasteiger partial charge < -0.3 is 9.88 Å². The van der Waals surface area contributed by atoms with E-state index in [4.69, 9.17) is 0 Å². The number of rotatable bonds is 4. The number of carbonyl (C=O) groups is 1. The van der Waals surface area contributed by atoms with Crippen molar-refractivity contribution < 1.29 is 4.79 Å². The maximum atomic E-state index is 12.1. The Morgan fingerprint density at radius 2 is 1.91 bits per heavy atom. The summed E-state index contributed by atoms with van der Waals surface area (Å²) >= 11 is 0. The first kappa shape index (κ1) is 13.1. The molecule has 0 radical (unpaired) electrons. The van der Waals surface area contributed by atoms with Crippen LogP contribution in [0.3, 0.4) is 0 Å². The van der Waals surface area contributed by atoms with Crippen molar-refractivity contribution in [1.29, 1.82) is 0 Å². The molecule has 1 aromatic heterocycles. The molecule has 3 nitrogen and oxygen atoms in total. The minimum absolute atomic E-state index is 0.0419. The average molecular weight is 290 g/mol. The van der Waals surface area contributed by atoms with Gasteiger partial charge in [0.1, 0.15) is 0 Å². The van der Waals surface area contributed by atoms with Crippen molar-refractivity contribution in [3.63, 3.8) is 0 Å². The minimum Gasteiger partial charge on any atom is -0.349 e. The van der Waals surface area contributed by atoms with Crippen LogP contribution in [0, 0.1) is 0 Å². The van der Waals surface area contributed by atoms with Gasteiger partial charge >= 0.3 is 0 Å². The average Bonchev–Trinajstić information content (AvgIpc) is 3.28. The van der Waals surface area contributed by atoms with E-state index in [1.807, 2.05) is 24.3 Å². The van der Waals surface area contributed by atoms with Crippen LogP contribution in [0.15, 0.2) is 60.8 Å². The molecule has 4 rings (SSSR count). The highest BCUT2D eigenvalue weighted by molar-refractivity contribution is 5.98. The second kappa shape index (κ2) is 5.34. The number of hydrogen-bond donors (Lipinski definition) is 1. The number of aromatic nitrogens is 1. The Morgan fingerprint density at radius 3 is 2.68 bits per heavy atom. The Hall–Kier alpha value is -2.55. The summed E-state index contributed by atoms with van der Waals surface area (Å²) in [6.07, 6.45) is 4.31. The zero-order valence-corrected chi connectivity index (χ0v) is 12.3. The van der Waals surface area contributed by atoms with Gasteiger partial charge in [-0.15, -0.1) is 0 Å². The van der Waals surface area contributed by atoms with Crippen LogP contribution in [-0.2, 0) is 6.54 Å². The molecule has 2 aromatic carbocycles. The van der Waals surface area contributed by atoms with Gasteiger partial charge in [0, 0.05) is 35.2 Å². The number of hydrogen-bond acceptors (Lipinski definition) is 1. The molecule has 3 heteroatoms. The van der Waals surface area contributed by atoms with Gasteiger partial charge in [0.2, 0.25) is 0 Å². The fourth-order valence-electron chi connectivity index (χ4n) is 2.76. The topological polar surface area (TPSA) is 34.0 Å². The number of nitrogens with zero attached hydrogens (tertiary/aromatic N) is 1. The summed E-state index contributed by atoms with van der Waals surface area (Å²) < 4.78 is 2.22. The van der Waals surface area contributed by atoms with E-state index in [0.717, 1.165) is 35.9 Å². The summed E-state index contributed by atoms with van der Waals surface area (Å²) in [6.45, 7) is 0.845. The second-order valence-electron chi connectivity index (χ2n) is 5.95. The largest absolute Gasteiger partial charge is 0.349 e. The van der Waals surface area contributed by atoms with E-state index >= 15 is 0 Å². The maximum absolute atomic E-state index is 12.1. The molecule has 1 N–H and O–H groups in total. The molecule has 1 aliphatic rings. The van der Waals surface area contributed by atoms with Crippen LogP contribution in [0.5, 0.6) is 0 Å². The highest BCUT2D eigenvalue weighted by atomic mass is 16.1. The lowest BCUT2D eigenvalue weighted by molar-refractivity contribution is 0.0951. The molecule has 110 valence electrons. The molecule has 0 atom stereocenters. The normalized spacial score (nSPS) is 14.2. The van der Waals surface area contributed by atoms with E-state index in [2.05, 4.69) is 46.4 Å². The Kier molecular flexibility index (Phi) is 3.19. The van der Waals surface area contributed by atoms with Crippen LogP contribution in [-0.4, -0.2) is 16.5 Å². The third kappa shape index (κ3) is 2.62. The van der Waals surface area contributed by atoms with Crippen molar-refractivity contribution in [3.8, 4) is 0 Å². The van der Waals surface area contributed by atoms with Gasteiger partial charge in [0.15, 0.2) is 0 Å². The number of carbonyl (C=O) groups excluding carboxylic acids is 1. The molecule has 1 fully saturated rings. The predicted molar refractivity (Wildman–Crippen MR) is 88.0 cm³/mol. The zero-order valence-electron chi connectivity index (χ0n) is 12.3. The van der Waals surface area contributed by atoms with E-state index in [1.165, 1.54) is 5.56 Å². The van der Waals surface area contributed by atoms with Crippen LogP contribution in [0.4, 0.5) is 0 Å². The molecule has 1 amide bonds. The molecule has 3 aromatic rings. The smallest absolute Gasteiger partial charge is 0.251 e. The quantitative estimate of drug-likeness (QED) is 0.783. The van der Waals surface area contributed by atoms with Crippen LogP contribution in [0.25, 0.3) is 10.9 Å². The van der Waals surface area contributed by atoms with Crippen molar-refractivity contribution in [2.75, 3.05) is 0 Å². The van der Waals surface area contributed by atoms with E-state index in [9.17, 15) is 4.79 Å². The predicted octanol–water partition coefficient (Wildman–Crippen LogP) is 3.58. The number of nitrogens with one attached hydrogen (secondary N) is 1. The van der Waals surface area contributed by atoms with Crippen LogP contribution in [0.2, 0.25) is 0 Å². The fourth-order valence-corrected chi connectivity index (χ4v) is 2.76. The lowest BCUT2D eigenvalue weighted by Gasteiger charge is -2.07. The molecular formula is C19H18N2O. The van der Waals surface area contributed by atoms with E-state index in [-0.39, 0.29) is 5.91 Å². The monoisotopic (exact) mass is 290 g/mol. The summed E-state index contributed by atoms with van der Waals surface area (Å²) in [5.74, 6) is 0.0419. The minimum atomic E-state index is 0.0419. The molecule has 0 spiro atoms. The van der Waals surface area contributed by atoms with Crippen molar-refractivity contribution in [3.05, 3.63) is 71.9 Å². The number of fused-ring (bicyclic) bond motifs is 1. The Balaban J connectivity index is 1.61. The standard InChI is InChI=1S/C19H18N2O/c22-19(20-17-7-8-17)16-6-9-18-15(12-16)10-11-21(18)13-14-4-2-1-3-5-14/h1-6,9-12,17H,7-8,13H2,(H,20,22). The Morgan fingerprint density at radius 1 is 1.09 bits per heavy atom. The van der Waals surface area contributed by atoms with Gasteiger partial charge in [-0.05, 0) is 42.7 Å². The molecule has 0 saturated heterocycles. The van der Waals surface area contributed by atoms with Gasteiger partial charge in [-0.25, -0.2) is 0 Å². The third-order valence-electron chi connectivity index (χ3n) is 4.14. The summed E-state index contributed by atoms with van der Waals surface area (Å²) in [5, 5.41) is 4.15. The highest BCUT2D eigenvalue weighted by Gasteiger charge is 2.23. The lowest BCUT2D eigenvalue weighted by atomic mass is 10.1. The van der Waals surface area contributed by atoms with Crippen molar-refractivity contribution in [1.82, 2.24) is 9.88 Å². The van der Waals surface area contributed by atoms with Crippen molar-refractivity contribution >= 4 is 16.8 Å². The van der Waals surface area contributed by atoms with Gasteiger partial charge in [0.25, 0.3) is 5.91 Å². The van der Waals surface area contributed by atoms with E-state index < -0.39 is 0 Å². The van der Waals surface area contributed by atoms with Crippen molar-refractivity contribution in [2.24, 2.45) is 0 Å². The van der Waals surface area contributed by atoms with Gasteiger partial charge in [0.05, 0.1) is 0 Å². The maximum Gasteiger partial charge on any atom is 0.251 e. The third-order valence-corrected chi connectivity index (χ3v) is 4.14. The molecule has 1 aliphatic carbocycles.